The minimum atomic E-state index is -3.58. The van der Waals surface area contributed by atoms with Crippen LogP contribution in [0.15, 0.2) is 22.1 Å². The maximum atomic E-state index is 12.6. The van der Waals surface area contributed by atoms with Crippen molar-refractivity contribution in [2.75, 3.05) is 13.1 Å². The van der Waals surface area contributed by atoms with Crippen LogP contribution >= 0.6 is 0 Å². The number of aryl methyl sites for hydroxylation is 1. The fourth-order valence-electron chi connectivity index (χ4n) is 2.61. The number of sulfonamides is 1. The Morgan fingerprint density at radius 1 is 1.43 bits per heavy atom. The molecule has 0 bridgehead atoms. The molecule has 0 aliphatic carbocycles. The normalized spacial score (nSPS) is 20.7. The van der Waals surface area contributed by atoms with Crippen molar-refractivity contribution in [2.45, 2.75) is 23.8 Å². The highest BCUT2D eigenvalue weighted by atomic mass is 32.2. The van der Waals surface area contributed by atoms with Crippen LogP contribution in [-0.2, 0) is 17.1 Å². The van der Waals surface area contributed by atoms with Gasteiger partial charge in [-0.15, -0.1) is 0 Å². The highest BCUT2D eigenvalue weighted by Crippen LogP contribution is 2.27. The van der Waals surface area contributed by atoms with E-state index < -0.39 is 10.0 Å². The number of nitrogens with zero attached hydrogens (tertiary/aromatic N) is 4. The van der Waals surface area contributed by atoms with Crippen molar-refractivity contribution in [1.82, 2.24) is 29.3 Å². The van der Waals surface area contributed by atoms with Crippen LogP contribution in [0.4, 0.5) is 0 Å². The molecule has 1 saturated heterocycles. The maximum absolute atomic E-state index is 12.6. The lowest BCUT2D eigenvalue weighted by Gasteiger charge is -2.30. The second kappa shape index (κ2) is 5.11. The second-order valence-corrected chi connectivity index (χ2v) is 6.94. The molecule has 0 saturated carbocycles. The Morgan fingerprint density at radius 3 is 2.86 bits per heavy atom. The Bertz CT molecular complexity index is 789. The van der Waals surface area contributed by atoms with E-state index in [9.17, 15) is 13.2 Å². The highest BCUT2D eigenvalue weighted by molar-refractivity contribution is 7.89. The molecule has 0 amide bonds. The summed E-state index contributed by atoms with van der Waals surface area (Å²) in [5.41, 5.74) is -0.378. The van der Waals surface area contributed by atoms with E-state index in [1.54, 1.807) is 7.05 Å². The van der Waals surface area contributed by atoms with E-state index in [4.69, 9.17) is 0 Å². The predicted octanol–water partition coefficient (Wildman–Crippen LogP) is -0.600. The van der Waals surface area contributed by atoms with Gasteiger partial charge in [0.15, 0.2) is 5.03 Å². The van der Waals surface area contributed by atoms with Crippen molar-refractivity contribution >= 4 is 10.0 Å². The summed E-state index contributed by atoms with van der Waals surface area (Å²) in [6.45, 7) is 0.757. The molecule has 3 rings (SSSR count). The molecule has 2 N–H and O–H groups in total. The maximum Gasteiger partial charge on any atom is 0.340 e. The summed E-state index contributed by atoms with van der Waals surface area (Å²) in [5.74, 6) is 0.394. The minimum Gasteiger partial charge on any atom is -0.293 e. The van der Waals surface area contributed by atoms with E-state index in [0.717, 1.165) is 12.8 Å². The molecule has 0 radical (unpaired) electrons. The molecule has 21 heavy (non-hydrogen) atoms. The molecule has 1 fully saturated rings. The van der Waals surface area contributed by atoms with Crippen LogP contribution in [-0.4, -0.2) is 50.8 Å². The number of rotatable bonds is 3. The minimum absolute atomic E-state index is 0.110. The number of nitrogens with one attached hydrogen (secondary N) is 2. The molecule has 2 aromatic heterocycles. The average Bonchev–Trinajstić information content (AvgIpc) is 3.08. The number of H-pyrrole nitrogens is 2. The lowest BCUT2D eigenvalue weighted by atomic mass is 9.99. The quantitative estimate of drug-likeness (QED) is 0.785. The van der Waals surface area contributed by atoms with Gasteiger partial charge >= 0.3 is 5.69 Å². The van der Waals surface area contributed by atoms with Gasteiger partial charge in [-0.2, -0.15) is 14.5 Å². The zero-order valence-electron chi connectivity index (χ0n) is 11.5. The summed E-state index contributed by atoms with van der Waals surface area (Å²) >= 11 is 0. The first-order valence-electron chi connectivity index (χ1n) is 6.61. The van der Waals surface area contributed by atoms with Gasteiger partial charge in [-0.3, -0.25) is 9.67 Å². The predicted molar refractivity (Wildman–Crippen MR) is 73.2 cm³/mol. The SMILES string of the molecule is Cn1nccc1S(=O)(=O)N1CCCC(c2n[nH]c(=O)[nH]2)C1. The number of hydrogen-bond donors (Lipinski definition) is 2. The second-order valence-electron chi connectivity index (χ2n) is 5.06. The summed E-state index contributed by atoms with van der Waals surface area (Å²) in [7, 11) is -1.98. The average molecular weight is 312 g/mol. The van der Waals surface area contributed by atoms with Gasteiger partial charge in [0.1, 0.15) is 5.82 Å². The van der Waals surface area contributed by atoms with Crippen molar-refractivity contribution in [3.8, 4) is 0 Å². The van der Waals surface area contributed by atoms with Gasteiger partial charge in [0.2, 0.25) is 0 Å². The summed E-state index contributed by atoms with van der Waals surface area (Å²) in [6.07, 6.45) is 2.97. The molecule has 0 spiro atoms. The molecule has 0 aromatic carbocycles. The lowest BCUT2D eigenvalue weighted by Crippen LogP contribution is -2.40. The van der Waals surface area contributed by atoms with Crippen molar-refractivity contribution in [3.63, 3.8) is 0 Å². The van der Waals surface area contributed by atoms with E-state index >= 15 is 0 Å². The van der Waals surface area contributed by atoms with E-state index in [1.165, 1.54) is 21.3 Å². The van der Waals surface area contributed by atoms with Gasteiger partial charge in [0.05, 0.1) is 6.20 Å². The Balaban J connectivity index is 1.86. The molecule has 3 heterocycles. The van der Waals surface area contributed by atoms with E-state index in [1.807, 2.05) is 0 Å². The Hall–Kier alpha value is -1.94. The van der Waals surface area contributed by atoms with Crippen molar-refractivity contribution in [1.29, 1.82) is 0 Å². The van der Waals surface area contributed by atoms with Gasteiger partial charge < -0.3 is 0 Å². The van der Waals surface area contributed by atoms with E-state index in [-0.39, 0.29) is 16.6 Å². The number of aromatic nitrogens is 5. The third-order valence-corrected chi connectivity index (χ3v) is 5.61. The molecule has 2 aromatic rings. The molecule has 1 aliphatic rings. The molecular weight excluding hydrogens is 296 g/mol. The molecular formula is C11H16N6O3S. The largest absolute Gasteiger partial charge is 0.340 e. The van der Waals surface area contributed by atoms with E-state index in [2.05, 4.69) is 20.3 Å². The molecule has 1 atom stereocenters. The first-order valence-corrected chi connectivity index (χ1v) is 8.05. The van der Waals surface area contributed by atoms with Gasteiger partial charge in [-0.1, -0.05) is 0 Å². The van der Waals surface area contributed by atoms with Gasteiger partial charge in [-0.05, 0) is 18.9 Å². The van der Waals surface area contributed by atoms with Crippen LogP contribution in [0.25, 0.3) is 0 Å². The van der Waals surface area contributed by atoms with Crippen LogP contribution < -0.4 is 5.69 Å². The lowest BCUT2D eigenvalue weighted by molar-refractivity contribution is 0.307. The number of piperidine rings is 1. The molecule has 10 heteroatoms. The third kappa shape index (κ3) is 2.51. The van der Waals surface area contributed by atoms with Gasteiger partial charge in [-0.25, -0.2) is 18.3 Å². The topological polar surface area (TPSA) is 117 Å². The molecule has 1 aliphatic heterocycles. The smallest absolute Gasteiger partial charge is 0.293 e. The van der Waals surface area contributed by atoms with Crippen molar-refractivity contribution in [2.24, 2.45) is 7.05 Å². The fourth-order valence-corrected chi connectivity index (χ4v) is 4.23. The zero-order valence-corrected chi connectivity index (χ0v) is 12.3. The van der Waals surface area contributed by atoms with Crippen LogP contribution in [0.1, 0.15) is 24.6 Å². The van der Waals surface area contributed by atoms with Crippen LogP contribution in [0, 0.1) is 0 Å². The molecule has 114 valence electrons. The molecule has 9 nitrogen and oxygen atoms in total. The fraction of sp³-hybridized carbons (Fsp3) is 0.545. The molecule has 1 unspecified atom stereocenters. The van der Waals surface area contributed by atoms with Crippen LogP contribution in [0.5, 0.6) is 0 Å². The number of hydrogen-bond acceptors (Lipinski definition) is 5. The Labute approximate surface area is 121 Å². The monoisotopic (exact) mass is 312 g/mol. The summed E-state index contributed by atoms with van der Waals surface area (Å²) in [6, 6.07) is 1.48. The first-order chi connectivity index (χ1) is 9.98. The number of aromatic amines is 2. The van der Waals surface area contributed by atoms with Crippen LogP contribution in [0.2, 0.25) is 0 Å². The highest BCUT2D eigenvalue weighted by Gasteiger charge is 2.33. The van der Waals surface area contributed by atoms with Gasteiger partial charge in [0.25, 0.3) is 10.0 Å². The van der Waals surface area contributed by atoms with Crippen LogP contribution in [0.3, 0.4) is 0 Å². The first kappa shape index (κ1) is 14.0. The Morgan fingerprint density at radius 2 is 2.24 bits per heavy atom. The summed E-state index contributed by atoms with van der Waals surface area (Å²) < 4.78 is 28.0. The van der Waals surface area contributed by atoms with E-state index in [0.29, 0.717) is 18.9 Å². The third-order valence-electron chi connectivity index (χ3n) is 3.67. The summed E-state index contributed by atoms with van der Waals surface area (Å²) in [4.78, 5) is 13.7. The van der Waals surface area contributed by atoms with Gasteiger partial charge in [0, 0.05) is 26.1 Å². The Kier molecular flexibility index (Phi) is 3.41. The standard InChI is InChI=1S/C11H16N6O3S/c1-16-9(4-5-12-16)21(19,20)17-6-2-3-8(7-17)10-13-11(18)15-14-10/h4-5,8H,2-3,6-7H2,1H3,(H2,13,14,15,18). The van der Waals surface area contributed by atoms with Crippen molar-refractivity contribution in [3.05, 3.63) is 28.6 Å². The zero-order chi connectivity index (χ0) is 15.0. The van der Waals surface area contributed by atoms with Crippen molar-refractivity contribution < 1.29 is 8.42 Å². The summed E-state index contributed by atoms with van der Waals surface area (Å²) in [5, 5.41) is 10.3.